The van der Waals surface area contributed by atoms with Crippen LogP contribution >= 0.6 is 0 Å². The molecule has 0 bridgehead atoms. The van der Waals surface area contributed by atoms with Gasteiger partial charge < -0.3 is 10.3 Å². The number of H-pyrrole nitrogens is 1. The second-order valence-electron chi connectivity index (χ2n) is 5.99. The quantitative estimate of drug-likeness (QED) is 0.857. The Hall–Kier alpha value is -1.09. The molecule has 3 rings (SSSR count). The Labute approximate surface area is 108 Å². The zero-order valence-electron chi connectivity index (χ0n) is 11.0. The fraction of sp³-hybridized carbons (Fsp3) is 0.667. The first-order chi connectivity index (χ1) is 8.72. The van der Waals surface area contributed by atoms with Gasteiger partial charge in [-0.3, -0.25) is 4.79 Å². The second kappa shape index (κ2) is 4.88. The summed E-state index contributed by atoms with van der Waals surface area (Å²) in [5.41, 5.74) is 1.28. The molecule has 3 nitrogen and oxygen atoms in total. The van der Waals surface area contributed by atoms with Gasteiger partial charge in [0, 0.05) is 24.3 Å². The van der Waals surface area contributed by atoms with E-state index in [1.54, 1.807) is 6.07 Å². The van der Waals surface area contributed by atoms with Crippen LogP contribution in [0.1, 0.15) is 50.5 Å². The Bertz CT molecular complexity index is 443. The topological polar surface area (TPSA) is 44.9 Å². The van der Waals surface area contributed by atoms with E-state index in [0.717, 1.165) is 5.92 Å². The third kappa shape index (κ3) is 2.66. The van der Waals surface area contributed by atoms with Crippen molar-refractivity contribution in [1.29, 1.82) is 0 Å². The molecule has 2 N–H and O–H groups in total. The highest BCUT2D eigenvalue weighted by atomic mass is 16.1. The Morgan fingerprint density at radius 3 is 2.78 bits per heavy atom. The van der Waals surface area contributed by atoms with Crippen LogP contribution in [0, 0.1) is 5.92 Å². The van der Waals surface area contributed by atoms with Gasteiger partial charge in [-0.05, 0) is 56.4 Å². The minimum absolute atomic E-state index is 0.00576. The molecule has 2 aliphatic carbocycles. The van der Waals surface area contributed by atoms with Crippen molar-refractivity contribution in [3.8, 4) is 0 Å². The molecule has 0 aliphatic heterocycles. The Morgan fingerprint density at radius 2 is 2.11 bits per heavy atom. The van der Waals surface area contributed by atoms with Crippen molar-refractivity contribution in [2.75, 3.05) is 0 Å². The molecular weight excluding hydrogens is 224 g/mol. The maximum absolute atomic E-state index is 11.1. The third-order valence-electron chi connectivity index (χ3n) is 4.54. The van der Waals surface area contributed by atoms with Crippen LogP contribution < -0.4 is 10.9 Å². The van der Waals surface area contributed by atoms with Crippen molar-refractivity contribution in [2.24, 2.45) is 5.92 Å². The van der Waals surface area contributed by atoms with Crippen molar-refractivity contribution in [3.63, 3.8) is 0 Å². The lowest BCUT2D eigenvalue weighted by Crippen LogP contribution is -2.36. The van der Waals surface area contributed by atoms with E-state index in [1.807, 2.05) is 12.3 Å². The Morgan fingerprint density at radius 1 is 1.28 bits per heavy atom. The predicted octanol–water partition coefficient (Wildman–Crippen LogP) is 2.40. The number of pyridine rings is 1. The maximum atomic E-state index is 11.1. The van der Waals surface area contributed by atoms with Gasteiger partial charge in [-0.2, -0.15) is 0 Å². The highest BCUT2D eigenvalue weighted by Gasteiger charge is 2.32. The molecule has 0 radical (unpaired) electrons. The summed E-state index contributed by atoms with van der Waals surface area (Å²) >= 11 is 0. The van der Waals surface area contributed by atoms with E-state index in [-0.39, 0.29) is 5.56 Å². The van der Waals surface area contributed by atoms with Gasteiger partial charge in [0.1, 0.15) is 0 Å². The number of hydrogen-bond donors (Lipinski definition) is 2. The zero-order chi connectivity index (χ0) is 12.5. The zero-order valence-corrected chi connectivity index (χ0v) is 11.0. The van der Waals surface area contributed by atoms with E-state index in [4.69, 9.17) is 0 Å². The molecule has 0 amide bonds. The van der Waals surface area contributed by atoms with Gasteiger partial charge in [-0.1, -0.05) is 6.07 Å². The van der Waals surface area contributed by atoms with E-state index >= 15 is 0 Å². The lowest BCUT2D eigenvalue weighted by atomic mass is 9.99. The molecule has 98 valence electrons. The Kier molecular flexibility index (Phi) is 3.25. The van der Waals surface area contributed by atoms with Crippen LogP contribution in [-0.2, 0) is 0 Å². The van der Waals surface area contributed by atoms with Gasteiger partial charge in [0.2, 0.25) is 5.56 Å². The lowest BCUT2D eigenvalue weighted by molar-refractivity contribution is 0.416. The molecule has 1 aromatic heterocycles. The van der Waals surface area contributed by atoms with Gasteiger partial charge in [0.05, 0.1) is 0 Å². The highest BCUT2D eigenvalue weighted by Crippen LogP contribution is 2.37. The summed E-state index contributed by atoms with van der Waals surface area (Å²) < 4.78 is 0. The van der Waals surface area contributed by atoms with Gasteiger partial charge in [0.15, 0.2) is 0 Å². The molecule has 2 fully saturated rings. The molecule has 0 aromatic carbocycles. The van der Waals surface area contributed by atoms with Crippen LogP contribution in [0.15, 0.2) is 23.1 Å². The normalized spacial score (nSPS) is 29.4. The number of nitrogens with one attached hydrogen (secondary N) is 2. The van der Waals surface area contributed by atoms with E-state index in [2.05, 4.69) is 17.2 Å². The number of aromatic nitrogens is 1. The Balaban J connectivity index is 1.57. The summed E-state index contributed by atoms with van der Waals surface area (Å²) in [6.07, 6.45) is 8.42. The van der Waals surface area contributed by atoms with Crippen LogP contribution in [0.4, 0.5) is 0 Å². The molecule has 1 aromatic rings. The van der Waals surface area contributed by atoms with E-state index in [1.165, 1.54) is 37.7 Å². The predicted molar refractivity (Wildman–Crippen MR) is 72.8 cm³/mol. The summed E-state index contributed by atoms with van der Waals surface area (Å²) in [6, 6.07) is 4.97. The molecular formula is C15H22N2O. The molecule has 1 heterocycles. The first-order valence-electron chi connectivity index (χ1n) is 7.17. The van der Waals surface area contributed by atoms with Crippen LogP contribution in [0.2, 0.25) is 0 Å². The molecule has 2 saturated carbocycles. The average Bonchev–Trinajstić information content (AvgIpc) is 3.12. The summed E-state index contributed by atoms with van der Waals surface area (Å²) in [7, 11) is 0. The van der Waals surface area contributed by atoms with E-state index in [9.17, 15) is 4.79 Å². The highest BCUT2D eigenvalue weighted by molar-refractivity contribution is 5.17. The summed E-state index contributed by atoms with van der Waals surface area (Å²) in [5, 5.41) is 3.78. The summed E-state index contributed by atoms with van der Waals surface area (Å²) in [4.78, 5) is 13.8. The molecule has 0 spiro atoms. The number of hydrogen-bond acceptors (Lipinski definition) is 2. The molecule has 18 heavy (non-hydrogen) atoms. The number of aromatic amines is 1. The van der Waals surface area contributed by atoms with E-state index in [0.29, 0.717) is 18.0 Å². The molecule has 3 atom stereocenters. The van der Waals surface area contributed by atoms with Gasteiger partial charge in [-0.15, -0.1) is 0 Å². The second-order valence-corrected chi connectivity index (χ2v) is 5.99. The molecule has 2 aliphatic rings. The fourth-order valence-electron chi connectivity index (χ4n) is 3.22. The summed E-state index contributed by atoms with van der Waals surface area (Å²) in [5.74, 6) is 1.54. The minimum Gasteiger partial charge on any atom is -0.329 e. The van der Waals surface area contributed by atoms with Crippen LogP contribution in [-0.4, -0.2) is 17.1 Å². The lowest BCUT2D eigenvalue weighted by Gasteiger charge is -2.19. The standard InChI is InChI=1S/C15H22N2O/c1-10(11-2-3-11)17-14-6-4-12(8-14)13-5-7-15(18)16-9-13/h5,7,9-12,14,17H,2-4,6,8H2,1H3,(H,16,18)/t10-,12+,14?/m1/s1. The minimum atomic E-state index is -0.00576. The van der Waals surface area contributed by atoms with Crippen molar-refractivity contribution in [3.05, 3.63) is 34.2 Å². The number of rotatable bonds is 4. The first kappa shape index (κ1) is 12.0. The van der Waals surface area contributed by atoms with Crippen molar-refractivity contribution in [2.45, 2.75) is 57.0 Å². The van der Waals surface area contributed by atoms with Crippen LogP contribution in [0.25, 0.3) is 0 Å². The smallest absolute Gasteiger partial charge is 0.247 e. The monoisotopic (exact) mass is 246 g/mol. The molecule has 3 heteroatoms. The van der Waals surface area contributed by atoms with E-state index < -0.39 is 0 Å². The van der Waals surface area contributed by atoms with Crippen LogP contribution in [0.5, 0.6) is 0 Å². The largest absolute Gasteiger partial charge is 0.329 e. The average molecular weight is 246 g/mol. The molecule has 0 saturated heterocycles. The molecule has 1 unspecified atom stereocenters. The van der Waals surface area contributed by atoms with Gasteiger partial charge in [-0.25, -0.2) is 0 Å². The fourth-order valence-corrected chi connectivity index (χ4v) is 3.22. The third-order valence-corrected chi connectivity index (χ3v) is 4.54. The van der Waals surface area contributed by atoms with Crippen LogP contribution in [0.3, 0.4) is 0 Å². The first-order valence-corrected chi connectivity index (χ1v) is 7.17. The van der Waals surface area contributed by atoms with Gasteiger partial charge >= 0.3 is 0 Å². The van der Waals surface area contributed by atoms with Gasteiger partial charge in [0.25, 0.3) is 0 Å². The van der Waals surface area contributed by atoms with Crippen molar-refractivity contribution in [1.82, 2.24) is 10.3 Å². The van der Waals surface area contributed by atoms with Crippen molar-refractivity contribution < 1.29 is 0 Å². The SMILES string of the molecule is C[C@@H](NC1CC[C@H](c2ccc(=O)[nH]c2)C1)C1CC1. The van der Waals surface area contributed by atoms with Crippen molar-refractivity contribution >= 4 is 0 Å². The maximum Gasteiger partial charge on any atom is 0.247 e. The summed E-state index contributed by atoms with van der Waals surface area (Å²) in [6.45, 7) is 2.32.